The SMILES string of the molecule is CN(CC1CCCOC1)C(=O)c1csc(N)n1. The van der Waals surface area contributed by atoms with E-state index in [1.165, 1.54) is 11.3 Å². The minimum atomic E-state index is -0.0662. The lowest BCUT2D eigenvalue weighted by Gasteiger charge is -2.26. The lowest BCUT2D eigenvalue weighted by atomic mass is 10.0. The molecule has 1 atom stereocenters. The van der Waals surface area contributed by atoms with Gasteiger partial charge in [0.1, 0.15) is 5.69 Å². The van der Waals surface area contributed by atoms with Gasteiger partial charge in [0.2, 0.25) is 0 Å². The normalized spacial score (nSPS) is 20.2. The predicted octanol–water partition coefficient (Wildman–Crippen LogP) is 1.22. The lowest BCUT2D eigenvalue weighted by molar-refractivity contribution is 0.0387. The Morgan fingerprint density at radius 3 is 3.18 bits per heavy atom. The van der Waals surface area contributed by atoms with Gasteiger partial charge in [-0.3, -0.25) is 4.79 Å². The molecule has 2 N–H and O–H groups in total. The zero-order valence-corrected chi connectivity index (χ0v) is 10.7. The van der Waals surface area contributed by atoms with Crippen LogP contribution in [0.15, 0.2) is 5.38 Å². The molecular weight excluding hydrogens is 238 g/mol. The Balaban J connectivity index is 1.90. The Bertz CT molecular complexity index is 388. The third-order valence-electron chi connectivity index (χ3n) is 2.87. The molecule has 1 saturated heterocycles. The van der Waals surface area contributed by atoms with E-state index < -0.39 is 0 Å². The first-order chi connectivity index (χ1) is 8.16. The van der Waals surface area contributed by atoms with Crippen molar-refractivity contribution in [2.75, 3.05) is 32.5 Å². The number of nitrogen functional groups attached to an aromatic ring is 1. The van der Waals surface area contributed by atoms with E-state index >= 15 is 0 Å². The van der Waals surface area contributed by atoms with E-state index in [1.54, 1.807) is 17.3 Å². The number of carbonyl (C=O) groups excluding carboxylic acids is 1. The molecule has 5 nitrogen and oxygen atoms in total. The highest BCUT2D eigenvalue weighted by Gasteiger charge is 2.20. The summed E-state index contributed by atoms with van der Waals surface area (Å²) >= 11 is 1.29. The Morgan fingerprint density at radius 2 is 2.59 bits per heavy atom. The number of carbonyl (C=O) groups is 1. The molecule has 0 spiro atoms. The molecule has 94 valence electrons. The van der Waals surface area contributed by atoms with Gasteiger partial charge in [0.15, 0.2) is 5.13 Å². The maximum atomic E-state index is 12.0. The molecule has 1 aromatic rings. The minimum Gasteiger partial charge on any atom is -0.381 e. The molecule has 0 aromatic carbocycles. The van der Waals surface area contributed by atoms with Crippen molar-refractivity contribution in [3.63, 3.8) is 0 Å². The average Bonchev–Trinajstić information content (AvgIpc) is 2.76. The van der Waals surface area contributed by atoms with Crippen molar-refractivity contribution in [1.82, 2.24) is 9.88 Å². The van der Waals surface area contributed by atoms with Crippen LogP contribution in [0.5, 0.6) is 0 Å². The van der Waals surface area contributed by atoms with Crippen LogP contribution in [0, 0.1) is 5.92 Å². The molecule has 1 aliphatic heterocycles. The largest absolute Gasteiger partial charge is 0.381 e. The van der Waals surface area contributed by atoms with Gasteiger partial charge in [-0.1, -0.05) is 0 Å². The van der Waals surface area contributed by atoms with Gasteiger partial charge in [-0.15, -0.1) is 11.3 Å². The summed E-state index contributed by atoms with van der Waals surface area (Å²) in [5.74, 6) is 0.372. The van der Waals surface area contributed by atoms with Gasteiger partial charge in [-0.2, -0.15) is 0 Å². The Kier molecular flexibility index (Phi) is 3.96. The van der Waals surface area contributed by atoms with Crippen molar-refractivity contribution in [2.45, 2.75) is 12.8 Å². The average molecular weight is 255 g/mol. The van der Waals surface area contributed by atoms with Gasteiger partial charge < -0.3 is 15.4 Å². The van der Waals surface area contributed by atoms with Crippen LogP contribution in [0.2, 0.25) is 0 Å². The summed E-state index contributed by atoms with van der Waals surface area (Å²) in [7, 11) is 1.80. The number of hydrogen-bond donors (Lipinski definition) is 1. The number of thiazole rings is 1. The quantitative estimate of drug-likeness (QED) is 0.882. The van der Waals surface area contributed by atoms with Crippen molar-refractivity contribution in [3.8, 4) is 0 Å². The van der Waals surface area contributed by atoms with Crippen molar-refractivity contribution in [2.24, 2.45) is 5.92 Å². The fourth-order valence-electron chi connectivity index (χ4n) is 2.00. The summed E-state index contributed by atoms with van der Waals surface area (Å²) in [6.07, 6.45) is 2.20. The Hall–Kier alpha value is -1.14. The summed E-state index contributed by atoms with van der Waals surface area (Å²) in [6.45, 7) is 2.31. The zero-order valence-electron chi connectivity index (χ0n) is 9.89. The second-order valence-corrected chi connectivity index (χ2v) is 5.23. The zero-order chi connectivity index (χ0) is 12.3. The summed E-state index contributed by atoms with van der Waals surface area (Å²) in [5, 5.41) is 2.13. The van der Waals surface area contributed by atoms with Crippen LogP contribution in [0.3, 0.4) is 0 Å². The maximum Gasteiger partial charge on any atom is 0.273 e. The second-order valence-electron chi connectivity index (χ2n) is 4.34. The highest BCUT2D eigenvalue weighted by atomic mass is 32.1. The number of amides is 1. The molecule has 1 fully saturated rings. The molecule has 2 rings (SSSR count). The molecule has 1 aromatic heterocycles. The molecule has 1 unspecified atom stereocenters. The van der Waals surface area contributed by atoms with Crippen LogP contribution < -0.4 is 5.73 Å². The highest BCUT2D eigenvalue weighted by molar-refractivity contribution is 7.13. The number of anilines is 1. The van der Waals surface area contributed by atoms with Gasteiger partial charge in [-0.05, 0) is 18.8 Å². The number of rotatable bonds is 3. The number of ether oxygens (including phenoxy) is 1. The van der Waals surface area contributed by atoms with Gasteiger partial charge >= 0.3 is 0 Å². The molecular formula is C11H17N3O2S. The third-order valence-corrected chi connectivity index (χ3v) is 3.55. The first-order valence-corrected chi connectivity index (χ1v) is 6.59. The molecule has 0 bridgehead atoms. The van der Waals surface area contributed by atoms with E-state index in [0.29, 0.717) is 16.7 Å². The van der Waals surface area contributed by atoms with Crippen molar-refractivity contribution in [3.05, 3.63) is 11.1 Å². The van der Waals surface area contributed by atoms with Crippen LogP contribution in [0.4, 0.5) is 5.13 Å². The van der Waals surface area contributed by atoms with Crippen LogP contribution >= 0.6 is 11.3 Å². The summed E-state index contributed by atoms with van der Waals surface area (Å²) in [4.78, 5) is 17.7. The summed E-state index contributed by atoms with van der Waals surface area (Å²) in [6, 6.07) is 0. The van der Waals surface area contributed by atoms with Gasteiger partial charge in [0.05, 0.1) is 6.61 Å². The lowest BCUT2D eigenvalue weighted by Crippen LogP contribution is -2.35. The Labute approximate surface area is 105 Å². The van der Waals surface area contributed by atoms with Crippen LogP contribution in [-0.2, 0) is 4.74 Å². The second kappa shape index (κ2) is 5.46. The molecule has 1 amide bonds. The Morgan fingerprint density at radius 1 is 1.76 bits per heavy atom. The molecule has 0 saturated carbocycles. The standard InChI is InChI=1S/C11H17N3O2S/c1-14(5-8-3-2-4-16-6-8)10(15)9-7-17-11(12)13-9/h7-8H,2-6H2,1H3,(H2,12,13). The predicted molar refractivity (Wildman–Crippen MR) is 67.0 cm³/mol. The van der Waals surface area contributed by atoms with E-state index in [2.05, 4.69) is 4.98 Å². The van der Waals surface area contributed by atoms with Gasteiger partial charge in [0, 0.05) is 25.6 Å². The molecule has 17 heavy (non-hydrogen) atoms. The number of nitrogens with two attached hydrogens (primary N) is 1. The molecule has 2 heterocycles. The summed E-state index contributed by atoms with van der Waals surface area (Å²) in [5.41, 5.74) is 5.95. The third kappa shape index (κ3) is 3.17. The smallest absolute Gasteiger partial charge is 0.273 e. The molecule has 1 aliphatic rings. The van der Waals surface area contributed by atoms with E-state index in [9.17, 15) is 4.79 Å². The fourth-order valence-corrected chi connectivity index (χ4v) is 2.54. The first-order valence-electron chi connectivity index (χ1n) is 5.71. The topological polar surface area (TPSA) is 68.5 Å². The van der Waals surface area contributed by atoms with Crippen molar-refractivity contribution < 1.29 is 9.53 Å². The fraction of sp³-hybridized carbons (Fsp3) is 0.636. The van der Waals surface area contributed by atoms with Gasteiger partial charge in [-0.25, -0.2) is 4.98 Å². The van der Waals surface area contributed by atoms with Crippen LogP contribution in [0.1, 0.15) is 23.3 Å². The van der Waals surface area contributed by atoms with E-state index in [4.69, 9.17) is 10.5 Å². The van der Waals surface area contributed by atoms with Crippen LogP contribution in [-0.4, -0.2) is 42.6 Å². The molecule has 6 heteroatoms. The minimum absolute atomic E-state index is 0.0662. The van der Waals surface area contributed by atoms with Crippen molar-refractivity contribution in [1.29, 1.82) is 0 Å². The maximum absolute atomic E-state index is 12.0. The first kappa shape index (κ1) is 12.3. The summed E-state index contributed by atoms with van der Waals surface area (Å²) < 4.78 is 5.40. The molecule has 0 aliphatic carbocycles. The van der Waals surface area contributed by atoms with E-state index in [-0.39, 0.29) is 5.91 Å². The van der Waals surface area contributed by atoms with Gasteiger partial charge in [0.25, 0.3) is 5.91 Å². The number of nitrogens with zero attached hydrogens (tertiary/aromatic N) is 2. The number of hydrogen-bond acceptors (Lipinski definition) is 5. The van der Waals surface area contributed by atoms with Crippen molar-refractivity contribution >= 4 is 22.4 Å². The van der Waals surface area contributed by atoms with E-state index in [1.807, 2.05) is 0 Å². The van der Waals surface area contributed by atoms with Crippen LogP contribution in [0.25, 0.3) is 0 Å². The number of aromatic nitrogens is 1. The van der Waals surface area contributed by atoms with E-state index in [0.717, 1.165) is 32.6 Å². The monoisotopic (exact) mass is 255 g/mol. The molecule has 0 radical (unpaired) electrons. The highest BCUT2D eigenvalue weighted by Crippen LogP contribution is 2.17.